The molecule has 0 amide bonds. The van der Waals surface area contributed by atoms with Crippen LogP contribution in [0.4, 0.5) is 5.69 Å². The summed E-state index contributed by atoms with van der Waals surface area (Å²) in [4.78, 5) is 31.5. The van der Waals surface area contributed by atoms with Gasteiger partial charge in [0, 0.05) is 18.7 Å². The molecule has 27 heavy (non-hydrogen) atoms. The maximum atomic E-state index is 12.6. The summed E-state index contributed by atoms with van der Waals surface area (Å²) in [5, 5.41) is 0.570. The number of aromatic amines is 1. The van der Waals surface area contributed by atoms with Crippen LogP contribution in [0.3, 0.4) is 0 Å². The van der Waals surface area contributed by atoms with Crippen LogP contribution in [0.15, 0.2) is 64.2 Å². The summed E-state index contributed by atoms with van der Waals surface area (Å²) in [5.41, 5.74) is 1.37. The molecule has 0 unspecified atom stereocenters. The van der Waals surface area contributed by atoms with E-state index in [1.807, 2.05) is 18.2 Å². The molecule has 6 heteroatoms. The van der Waals surface area contributed by atoms with Crippen molar-refractivity contribution in [1.82, 2.24) is 9.55 Å². The maximum absolute atomic E-state index is 12.6. The van der Waals surface area contributed by atoms with E-state index in [1.54, 1.807) is 12.1 Å². The van der Waals surface area contributed by atoms with Crippen molar-refractivity contribution in [3.8, 4) is 0 Å². The van der Waals surface area contributed by atoms with E-state index in [0.29, 0.717) is 17.4 Å². The third kappa shape index (κ3) is 3.80. The lowest BCUT2D eigenvalue weighted by molar-refractivity contribution is -0.900. The molecule has 140 valence electrons. The van der Waals surface area contributed by atoms with Crippen LogP contribution in [-0.4, -0.2) is 42.3 Å². The second-order valence-corrected chi connectivity index (χ2v) is 7.11. The van der Waals surface area contributed by atoms with Gasteiger partial charge in [0.05, 0.1) is 43.6 Å². The molecule has 4 rings (SSSR count). The van der Waals surface area contributed by atoms with Gasteiger partial charge in [-0.15, -0.1) is 0 Å². The van der Waals surface area contributed by atoms with Crippen molar-refractivity contribution in [1.29, 1.82) is 0 Å². The molecule has 0 aliphatic carbocycles. The normalized spacial score (nSPS) is 15.3. The molecule has 0 saturated carbocycles. The number of fused-ring (bicyclic) bond motifs is 1. The average molecular weight is 365 g/mol. The molecule has 1 aromatic heterocycles. The van der Waals surface area contributed by atoms with Crippen LogP contribution in [-0.2, 0) is 6.54 Å². The predicted octanol–water partition coefficient (Wildman–Crippen LogP) is 0.485. The van der Waals surface area contributed by atoms with Crippen molar-refractivity contribution in [2.75, 3.05) is 37.6 Å². The number of piperazine rings is 1. The number of para-hydroxylation sites is 2. The highest BCUT2D eigenvalue weighted by Gasteiger charge is 2.19. The largest absolute Gasteiger partial charge is 0.360 e. The zero-order chi connectivity index (χ0) is 18.6. The molecule has 2 N–H and O–H groups in total. The van der Waals surface area contributed by atoms with Crippen LogP contribution in [0, 0.1) is 0 Å². The fourth-order valence-corrected chi connectivity index (χ4v) is 3.86. The third-order valence-electron chi connectivity index (χ3n) is 5.39. The number of nitrogens with zero attached hydrogens (tertiary/aromatic N) is 2. The quantitative estimate of drug-likeness (QED) is 0.692. The Bertz CT molecular complexity index is 1020. The van der Waals surface area contributed by atoms with E-state index in [0.717, 1.165) is 39.1 Å². The molecular formula is C21H25N4O2+. The van der Waals surface area contributed by atoms with Crippen molar-refractivity contribution in [3.05, 3.63) is 75.4 Å². The summed E-state index contributed by atoms with van der Waals surface area (Å²) >= 11 is 0. The number of hydrogen-bond acceptors (Lipinski definition) is 3. The topological polar surface area (TPSA) is 62.5 Å². The Morgan fingerprint density at radius 2 is 1.63 bits per heavy atom. The first-order chi connectivity index (χ1) is 13.2. The van der Waals surface area contributed by atoms with E-state index < -0.39 is 0 Å². The Hall–Kier alpha value is -2.86. The second kappa shape index (κ2) is 7.80. The van der Waals surface area contributed by atoms with Crippen molar-refractivity contribution in [3.63, 3.8) is 0 Å². The standard InChI is InChI=1S/C21H24N4O2/c26-20-18-9-4-5-10-19(18)22-21(27)25(20)12-6-11-23-13-15-24(16-14-23)17-7-2-1-3-8-17/h1-5,7-10H,6,11-16H2,(H,22,27)/p+1. The predicted molar refractivity (Wildman–Crippen MR) is 108 cm³/mol. The minimum absolute atomic E-state index is 0.196. The fraction of sp³-hybridized carbons (Fsp3) is 0.333. The van der Waals surface area contributed by atoms with Crippen LogP contribution in [0.2, 0.25) is 0 Å². The summed E-state index contributed by atoms with van der Waals surface area (Å²) in [7, 11) is 0. The van der Waals surface area contributed by atoms with E-state index in [-0.39, 0.29) is 11.2 Å². The first-order valence-corrected chi connectivity index (χ1v) is 9.58. The number of anilines is 1. The van der Waals surface area contributed by atoms with Crippen LogP contribution < -0.4 is 21.0 Å². The summed E-state index contributed by atoms with van der Waals surface area (Å²) < 4.78 is 1.34. The zero-order valence-electron chi connectivity index (χ0n) is 15.4. The molecule has 1 fully saturated rings. The minimum atomic E-state index is -0.317. The molecule has 2 aromatic carbocycles. The molecule has 3 aromatic rings. The van der Waals surface area contributed by atoms with Crippen molar-refractivity contribution in [2.24, 2.45) is 0 Å². The van der Waals surface area contributed by atoms with E-state index in [2.05, 4.69) is 34.1 Å². The van der Waals surface area contributed by atoms with Gasteiger partial charge in [-0.3, -0.25) is 9.36 Å². The van der Waals surface area contributed by atoms with Crippen LogP contribution in [0.25, 0.3) is 10.9 Å². The molecule has 1 aliphatic heterocycles. The Labute approximate surface area is 157 Å². The Morgan fingerprint density at radius 1 is 0.926 bits per heavy atom. The highest BCUT2D eigenvalue weighted by molar-refractivity contribution is 5.76. The van der Waals surface area contributed by atoms with Gasteiger partial charge in [-0.05, 0) is 24.3 Å². The number of nitrogens with one attached hydrogen (secondary N) is 2. The SMILES string of the molecule is O=c1[nH]c2ccccc2c(=O)n1CCC[NH+]1CCN(c2ccccc2)CC1. The Balaban J connectivity index is 1.34. The number of quaternary nitrogens is 1. The van der Waals surface area contributed by atoms with Gasteiger partial charge in [-0.25, -0.2) is 4.79 Å². The number of aromatic nitrogens is 2. The summed E-state index contributed by atoms with van der Waals surface area (Å²) in [5.74, 6) is 0. The van der Waals surface area contributed by atoms with E-state index in [9.17, 15) is 9.59 Å². The van der Waals surface area contributed by atoms with Gasteiger partial charge in [0.25, 0.3) is 5.56 Å². The molecule has 1 saturated heterocycles. The fourth-order valence-electron chi connectivity index (χ4n) is 3.86. The molecular weight excluding hydrogens is 340 g/mol. The zero-order valence-corrected chi connectivity index (χ0v) is 15.4. The van der Waals surface area contributed by atoms with E-state index >= 15 is 0 Å². The highest BCUT2D eigenvalue weighted by atomic mass is 16.2. The lowest BCUT2D eigenvalue weighted by Crippen LogP contribution is -3.14. The second-order valence-electron chi connectivity index (χ2n) is 7.11. The molecule has 0 atom stereocenters. The number of hydrogen-bond donors (Lipinski definition) is 2. The van der Waals surface area contributed by atoms with Crippen LogP contribution >= 0.6 is 0 Å². The van der Waals surface area contributed by atoms with E-state index in [1.165, 1.54) is 15.2 Å². The molecule has 1 aliphatic rings. The summed E-state index contributed by atoms with van der Waals surface area (Å²) in [6.45, 7) is 5.67. The molecule has 2 heterocycles. The summed E-state index contributed by atoms with van der Waals surface area (Å²) in [6.07, 6.45) is 0.821. The lowest BCUT2D eigenvalue weighted by atomic mass is 10.2. The average Bonchev–Trinajstić information content (AvgIpc) is 2.71. The Kier molecular flexibility index (Phi) is 5.07. The number of rotatable bonds is 5. The minimum Gasteiger partial charge on any atom is -0.360 e. The monoisotopic (exact) mass is 365 g/mol. The number of benzene rings is 2. The van der Waals surface area contributed by atoms with Gasteiger partial charge >= 0.3 is 5.69 Å². The van der Waals surface area contributed by atoms with Gasteiger partial charge in [0.1, 0.15) is 0 Å². The smallest absolute Gasteiger partial charge is 0.328 e. The number of H-pyrrole nitrogens is 1. The first-order valence-electron chi connectivity index (χ1n) is 9.58. The van der Waals surface area contributed by atoms with E-state index in [4.69, 9.17) is 0 Å². The van der Waals surface area contributed by atoms with Gasteiger partial charge in [0.2, 0.25) is 0 Å². The maximum Gasteiger partial charge on any atom is 0.328 e. The van der Waals surface area contributed by atoms with Gasteiger partial charge in [0.15, 0.2) is 0 Å². The van der Waals surface area contributed by atoms with Crippen LogP contribution in [0.1, 0.15) is 6.42 Å². The molecule has 0 radical (unpaired) electrons. The van der Waals surface area contributed by atoms with Crippen molar-refractivity contribution < 1.29 is 4.90 Å². The Morgan fingerprint density at radius 3 is 2.41 bits per heavy atom. The van der Waals surface area contributed by atoms with Crippen molar-refractivity contribution in [2.45, 2.75) is 13.0 Å². The molecule has 6 nitrogen and oxygen atoms in total. The highest BCUT2D eigenvalue weighted by Crippen LogP contribution is 2.12. The molecule has 0 spiro atoms. The van der Waals surface area contributed by atoms with Gasteiger partial charge in [-0.2, -0.15) is 0 Å². The van der Waals surface area contributed by atoms with Crippen molar-refractivity contribution >= 4 is 16.6 Å². The van der Waals surface area contributed by atoms with Gasteiger partial charge in [-0.1, -0.05) is 30.3 Å². The van der Waals surface area contributed by atoms with Gasteiger partial charge < -0.3 is 14.8 Å². The lowest BCUT2D eigenvalue weighted by Gasteiger charge is -2.33. The molecule has 0 bridgehead atoms. The first kappa shape index (κ1) is 17.5. The third-order valence-corrected chi connectivity index (χ3v) is 5.39. The van der Waals surface area contributed by atoms with Crippen LogP contribution in [0.5, 0.6) is 0 Å². The summed E-state index contributed by atoms with van der Waals surface area (Å²) in [6, 6.07) is 17.7.